The van der Waals surface area contributed by atoms with Crippen LogP contribution in [0.2, 0.25) is 0 Å². The Morgan fingerprint density at radius 3 is 2.29 bits per heavy atom. The van der Waals surface area contributed by atoms with Gasteiger partial charge < -0.3 is 5.32 Å². The molecule has 0 aliphatic rings. The SMILES string of the molecule is CC.CC.Cc1csc(C(=O)NCC(F)F)n1. The number of rotatable bonds is 3. The topological polar surface area (TPSA) is 42.0 Å². The van der Waals surface area contributed by atoms with Crippen LogP contribution in [0.4, 0.5) is 8.78 Å². The van der Waals surface area contributed by atoms with Gasteiger partial charge in [-0.05, 0) is 6.92 Å². The smallest absolute Gasteiger partial charge is 0.280 e. The number of carbonyl (C=O) groups is 1. The molecular weight excluding hydrogens is 246 g/mol. The van der Waals surface area contributed by atoms with Crippen LogP contribution < -0.4 is 5.32 Å². The lowest BCUT2D eigenvalue weighted by atomic mass is 10.5. The second-order valence-electron chi connectivity index (χ2n) is 2.40. The Labute approximate surface area is 105 Å². The van der Waals surface area contributed by atoms with Crippen LogP contribution >= 0.6 is 11.3 Å². The molecule has 3 nitrogen and oxygen atoms in total. The lowest BCUT2D eigenvalue weighted by molar-refractivity contribution is 0.0891. The minimum absolute atomic E-state index is 0.221. The number of hydrogen-bond donors (Lipinski definition) is 1. The quantitative estimate of drug-likeness (QED) is 0.909. The summed E-state index contributed by atoms with van der Waals surface area (Å²) in [5.74, 6) is -0.543. The van der Waals surface area contributed by atoms with Crippen molar-refractivity contribution in [2.24, 2.45) is 0 Å². The van der Waals surface area contributed by atoms with E-state index in [9.17, 15) is 13.6 Å². The molecular formula is C11H20F2N2OS. The lowest BCUT2D eigenvalue weighted by Crippen LogP contribution is -2.28. The number of nitrogens with one attached hydrogen (secondary N) is 1. The molecule has 100 valence electrons. The number of halogens is 2. The van der Waals surface area contributed by atoms with Crippen LogP contribution in [0.1, 0.15) is 43.2 Å². The highest BCUT2D eigenvalue weighted by Gasteiger charge is 2.11. The Morgan fingerprint density at radius 2 is 1.94 bits per heavy atom. The third kappa shape index (κ3) is 8.74. The van der Waals surface area contributed by atoms with E-state index in [1.165, 1.54) is 0 Å². The molecule has 1 amide bonds. The summed E-state index contributed by atoms with van der Waals surface area (Å²) in [6.07, 6.45) is -2.52. The second-order valence-corrected chi connectivity index (χ2v) is 3.25. The van der Waals surface area contributed by atoms with Gasteiger partial charge in [-0.15, -0.1) is 11.3 Å². The number of hydrogen-bond acceptors (Lipinski definition) is 3. The second kappa shape index (κ2) is 11.4. The fourth-order valence-corrected chi connectivity index (χ4v) is 1.41. The van der Waals surface area contributed by atoms with E-state index >= 15 is 0 Å². The van der Waals surface area contributed by atoms with Gasteiger partial charge in [0.25, 0.3) is 12.3 Å². The van der Waals surface area contributed by atoms with Crippen molar-refractivity contribution in [2.75, 3.05) is 6.54 Å². The van der Waals surface area contributed by atoms with Crippen LogP contribution in [0.15, 0.2) is 5.38 Å². The third-order valence-corrected chi connectivity index (χ3v) is 2.19. The Kier molecular flexibility index (Phi) is 12.3. The van der Waals surface area contributed by atoms with Gasteiger partial charge in [0.15, 0.2) is 5.01 Å². The first-order chi connectivity index (χ1) is 8.09. The first-order valence-corrected chi connectivity index (χ1v) is 6.46. The highest BCUT2D eigenvalue weighted by Crippen LogP contribution is 2.08. The number of alkyl halides is 2. The number of aromatic nitrogens is 1. The maximum atomic E-state index is 11.7. The maximum absolute atomic E-state index is 11.7. The van der Waals surface area contributed by atoms with Gasteiger partial charge in [0, 0.05) is 11.1 Å². The van der Waals surface area contributed by atoms with Crippen LogP contribution in [-0.4, -0.2) is 23.9 Å². The van der Waals surface area contributed by atoms with Gasteiger partial charge in [-0.2, -0.15) is 0 Å². The molecule has 1 rings (SSSR count). The first-order valence-electron chi connectivity index (χ1n) is 5.58. The molecule has 0 radical (unpaired) electrons. The predicted octanol–water partition coefficient (Wildman–Crippen LogP) is 3.50. The largest absolute Gasteiger partial charge is 0.344 e. The van der Waals surface area contributed by atoms with E-state index in [-0.39, 0.29) is 5.01 Å². The summed E-state index contributed by atoms with van der Waals surface area (Å²) in [5, 5.41) is 3.98. The van der Waals surface area contributed by atoms with E-state index < -0.39 is 18.9 Å². The molecule has 1 aromatic heterocycles. The summed E-state index contributed by atoms with van der Waals surface area (Å²) in [4.78, 5) is 14.9. The van der Waals surface area contributed by atoms with E-state index in [1.54, 1.807) is 12.3 Å². The summed E-state index contributed by atoms with van der Waals surface area (Å²) in [6.45, 7) is 9.11. The monoisotopic (exact) mass is 266 g/mol. The van der Waals surface area contributed by atoms with Gasteiger partial charge in [0.1, 0.15) is 0 Å². The molecule has 0 saturated heterocycles. The molecule has 1 heterocycles. The van der Waals surface area contributed by atoms with E-state index in [0.29, 0.717) is 5.69 Å². The average molecular weight is 266 g/mol. The summed E-state index contributed by atoms with van der Waals surface area (Å²) in [7, 11) is 0. The standard InChI is InChI=1S/C7H8F2N2OS.2C2H6/c1-4-3-13-7(11-4)6(12)10-2-5(8)9;2*1-2/h3,5H,2H2,1H3,(H,10,12);2*1-2H3. The van der Waals surface area contributed by atoms with Crippen molar-refractivity contribution in [3.05, 3.63) is 16.1 Å². The van der Waals surface area contributed by atoms with E-state index in [2.05, 4.69) is 10.3 Å². The number of nitrogens with zero attached hydrogens (tertiary/aromatic N) is 1. The summed E-state index contributed by atoms with van der Waals surface area (Å²) >= 11 is 1.14. The summed E-state index contributed by atoms with van der Waals surface area (Å²) < 4.78 is 23.4. The molecule has 1 N–H and O–H groups in total. The van der Waals surface area contributed by atoms with Crippen molar-refractivity contribution in [3.63, 3.8) is 0 Å². The highest BCUT2D eigenvalue weighted by atomic mass is 32.1. The van der Waals surface area contributed by atoms with Gasteiger partial charge >= 0.3 is 0 Å². The zero-order chi connectivity index (χ0) is 13.8. The Hall–Kier alpha value is -1.04. The number of aryl methyl sites for hydroxylation is 1. The predicted molar refractivity (Wildman–Crippen MR) is 67.9 cm³/mol. The minimum Gasteiger partial charge on any atom is -0.344 e. The van der Waals surface area contributed by atoms with E-state index in [0.717, 1.165) is 11.3 Å². The van der Waals surface area contributed by atoms with E-state index in [1.807, 2.05) is 27.7 Å². The summed E-state index contributed by atoms with van der Waals surface area (Å²) in [6, 6.07) is 0. The van der Waals surface area contributed by atoms with Crippen molar-refractivity contribution in [3.8, 4) is 0 Å². The molecule has 0 bridgehead atoms. The number of thiazole rings is 1. The van der Waals surface area contributed by atoms with Crippen molar-refractivity contribution in [1.29, 1.82) is 0 Å². The average Bonchev–Trinajstić information content (AvgIpc) is 2.78. The summed E-state index contributed by atoms with van der Waals surface area (Å²) in [5.41, 5.74) is 0.715. The number of carbonyl (C=O) groups excluding carboxylic acids is 1. The van der Waals surface area contributed by atoms with Crippen LogP contribution in [0.25, 0.3) is 0 Å². The fraction of sp³-hybridized carbons (Fsp3) is 0.636. The molecule has 0 aromatic carbocycles. The lowest BCUT2D eigenvalue weighted by Gasteiger charge is -2.00. The van der Waals surface area contributed by atoms with Gasteiger partial charge in [0.05, 0.1) is 6.54 Å². The van der Waals surface area contributed by atoms with Crippen molar-refractivity contribution < 1.29 is 13.6 Å². The molecule has 0 aliphatic heterocycles. The molecule has 0 saturated carbocycles. The van der Waals surface area contributed by atoms with Crippen LogP contribution in [0.5, 0.6) is 0 Å². The molecule has 0 fully saturated rings. The zero-order valence-corrected chi connectivity index (χ0v) is 11.7. The Bertz CT molecular complexity index is 303. The van der Waals surface area contributed by atoms with Crippen LogP contribution in [-0.2, 0) is 0 Å². The van der Waals surface area contributed by atoms with Gasteiger partial charge in [0.2, 0.25) is 0 Å². The van der Waals surface area contributed by atoms with Gasteiger partial charge in [-0.25, -0.2) is 13.8 Å². The molecule has 1 aromatic rings. The molecule has 0 aliphatic carbocycles. The van der Waals surface area contributed by atoms with Crippen LogP contribution in [0.3, 0.4) is 0 Å². The zero-order valence-electron chi connectivity index (χ0n) is 10.9. The third-order valence-electron chi connectivity index (χ3n) is 1.23. The van der Waals surface area contributed by atoms with Crippen molar-refractivity contribution in [2.45, 2.75) is 41.0 Å². The van der Waals surface area contributed by atoms with Crippen LogP contribution in [0, 0.1) is 6.92 Å². The van der Waals surface area contributed by atoms with Crippen molar-refractivity contribution >= 4 is 17.2 Å². The van der Waals surface area contributed by atoms with E-state index in [4.69, 9.17) is 0 Å². The number of amides is 1. The molecule has 6 heteroatoms. The maximum Gasteiger partial charge on any atom is 0.280 e. The fourth-order valence-electron chi connectivity index (χ4n) is 0.704. The first kappa shape index (κ1) is 18.3. The van der Waals surface area contributed by atoms with Crippen molar-refractivity contribution in [1.82, 2.24) is 10.3 Å². The molecule has 0 atom stereocenters. The highest BCUT2D eigenvalue weighted by molar-refractivity contribution is 7.11. The molecule has 0 unspecified atom stereocenters. The molecule has 17 heavy (non-hydrogen) atoms. The normalized spacial score (nSPS) is 8.71. The minimum atomic E-state index is -2.52. The van der Waals surface area contributed by atoms with Gasteiger partial charge in [-0.1, -0.05) is 27.7 Å². The van der Waals surface area contributed by atoms with Gasteiger partial charge in [-0.3, -0.25) is 4.79 Å². The Morgan fingerprint density at radius 1 is 1.41 bits per heavy atom. The molecule has 0 spiro atoms. The Balaban J connectivity index is 0.